The van der Waals surface area contributed by atoms with Gasteiger partial charge in [0, 0.05) is 0 Å². The molecule has 0 radical (unpaired) electrons. The molecular weight excluding hydrogens is 255 g/mol. The predicted octanol–water partition coefficient (Wildman–Crippen LogP) is 2.45. The number of nitrogens with two attached hydrogens (primary N) is 1. The van der Waals surface area contributed by atoms with E-state index in [9.17, 15) is 4.39 Å². The third kappa shape index (κ3) is 2.31. The molecule has 0 aliphatic heterocycles. The maximum Gasteiger partial charge on any atom is 0.141 e. The largest absolute Gasteiger partial charge is 0.319 e. The van der Waals surface area contributed by atoms with E-state index < -0.39 is 0 Å². The minimum absolute atomic E-state index is 0.314. The highest BCUT2D eigenvalue weighted by molar-refractivity contribution is 5.32. The highest BCUT2D eigenvalue weighted by Crippen LogP contribution is 2.21. The first kappa shape index (κ1) is 12.5. The van der Waals surface area contributed by atoms with Gasteiger partial charge in [-0.2, -0.15) is 0 Å². The number of aromatic nitrogens is 3. The van der Waals surface area contributed by atoms with E-state index in [1.807, 2.05) is 30.3 Å². The second-order valence-electron chi connectivity index (χ2n) is 4.41. The zero-order valence-electron chi connectivity index (χ0n) is 10.6. The SMILES string of the molecule is NC(c1ccccc1)c1cncn1-c1ccc(F)cn1. The minimum Gasteiger partial charge on any atom is -0.319 e. The molecule has 2 N–H and O–H groups in total. The summed E-state index contributed by atoms with van der Waals surface area (Å²) in [5.41, 5.74) is 8.05. The second kappa shape index (κ2) is 5.22. The Morgan fingerprint density at radius 1 is 1.05 bits per heavy atom. The first-order valence-electron chi connectivity index (χ1n) is 6.20. The van der Waals surface area contributed by atoms with Crippen molar-refractivity contribution in [1.82, 2.24) is 14.5 Å². The van der Waals surface area contributed by atoms with Crippen LogP contribution < -0.4 is 5.73 Å². The van der Waals surface area contributed by atoms with Gasteiger partial charge < -0.3 is 5.73 Å². The Bertz CT molecular complexity index is 691. The molecule has 0 fully saturated rings. The maximum atomic E-state index is 12.9. The summed E-state index contributed by atoms with van der Waals surface area (Å²) < 4.78 is 14.7. The zero-order valence-corrected chi connectivity index (χ0v) is 10.6. The van der Waals surface area contributed by atoms with Gasteiger partial charge in [0.1, 0.15) is 18.0 Å². The van der Waals surface area contributed by atoms with Crippen molar-refractivity contribution in [1.29, 1.82) is 0 Å². The number of hydrogen-bond acceptors (Lipinski definition) is 3. The van der Waals surface area contributed by atoms with Crippen LogP contribution in [0.1, 0.15) is 17.3 Å². The van der Waals surface area contributed by atoms with Gasteiger partial charge in [-0.05, 0) is 17.7 Å². The van der Waals surface area contributed by atoms with Crippen LogP contribution >= 0.6 is 0 Å². The highest BCUT2D eigenvalue weighted by atomic mass is 19.1. The Hall–Kier alpha value is -2.53. The summed E-state index contributed by atoms with van der Waals surface area (Å²) in [6, 6.07) is 12.4. The third-order valence-corrected chi connectivity index (χ3v) is 3.10. The Labute approximate surface area is 115 Å². The summed E-state index contributed by atoms with van der Waals surface area (Å²) in [4.78, 5) is 8.17. The van der Waals surface area contributed by atoms with Crippen molar-refractivity contribution in [3.8, 4) is 5.82 Å². The smallest absolute Gasteiger partial charge is 0.141 e. The van der Waals surface area contributed by atoms with Crippen LogP contribution in [0.3, 0.4) is 0 Å². The van der Waals surface area contributed by atoms with Gasteiger partial charge in [0.15, 0.2) is 0 Å². The third-order valence-electron chi connectivity index (χ3n) is 3.10. The Balaban J connectivity index is 2.00. The summed E-state index contributed by atoms with van der Waals surface area (Å²) in [5, 5.41) is 0. The van der Waals surface area contributed by atoms with E-state index in [-0.39, 0.29) is 11.9 Å². The molecule has 0 aliphatic rings. The monoisotopic (exact) mass is 268 g/mol. The maximum absolute atomic E-state index is 12.9. The van der Waals surface area contributed by atoms with Gasteiger partial charge >= 0.3 is 0 Å². The van der Waals surface area contributed by atoms with Crippen LogP contribution in [0.2, 0.25) is 0 Å². The highest BCUT2D eigenvalue weighted by Gasteiger charge is 2.15. The summed E-state index contributed by atoms with van der Waals surface area (Å²) in [6.45, 7) is 0. The molecule has 4 nitrogen and oxygen atoms in total. The van der Waals surface area contributed by atoms with Crippen LogP contribution in [0.15, 0.2) is 61.2 Å². The fourth-order valence-electron chi connectivity index (χ4n) is 2.07. The van der Waals surface area contributed by atoms with Crippen molar-refractivity contribution in [3.63, 3.8) is 0 Å². The average molecular weight is 268 g/mol. The molecule has 2 heterocycles. The summed E-state index contributed by atoms with van der Waals surface area (Å²) >= 11 is 0. The molecule has 100 valence electrons. The molecule has 1 unspecified atom stereocenters. The van der Waals surface area contributed by atoms with E-state index in [0.29, 0.717) is 5.82 Å². The van der Waals surface area contributed by atoms with Gasteiger partial charge in [0.25, 0.3) is 0 Å². The van der Waals surface area contributed by atoms with Crippen LogP contribution in [0.4, 0.5) is 4.39 Å². The number of halogens is 1. The van der Waals surface area contributed by atoms with Crippen molar-refractivity contribution in [2.45, 2.75) is 6.04 Å². The topological polar surface area (TPSA) is 56.7 Å². The molecule has 3 rings (SSSR count). The van der Waals surface area contributed by atoms with E-state index in [0.717, 1.165) is 11.3 Å². The zero-order chi connectivity index (χ0) is 13.9. The minimum atomic E-state index is -0.372. The number of rotatable bonds is 3. The molecule has 5 heteroatoms. The molecule has 0 spiro atoms. The second-order valence-corrected chi connectivity index (χ2v) is 4.41. The molecular formula is C15H13FN4. The van der Waals surface area contributed by atoms with Crippen molar-refractivity contribution < 1.29 is 4.39 Å². The van der Waals surface area contributed by atoms with Gasteiger partial charge in [-0.25, -0.2) is 14.4 Å². The molecule has 0 aliphatic carbocycles. The summed E-state index contributed by atoms with van der Waals surface area (Å²) in [6.07, 6.45) is 4.49. The molecule has 2 aromatic heterocycles. The van der Waals surface area contributed by atoms with Gasteiger partial charge in [-0.3, -0.25) is 4.57 Å². The molecule has 0 bridgehead atoms. The fraction of sp³-hybridized carbons (Fsp3) is 0.0667. The first-order valence-corrected chi connectivity index (χ1v) is 6.20. The van der Waals surface area contributed by atoms with Crippen LogP contribution in [-0.2, 0) is 0 Å². The van der Waals surface area contributed by atoms with E-state index >= 15 is 0 Å². The van der Waals surface area contributed by atoms with Crippen molar-refractivity contribution in [2.24, 2.45) is 5.73 Å². The van der Waals surface area contributed by atoms with Gasteiger partial charge in [-0.15, -0.1) is 0 Å². The predicted molar refractivity (Wildman–Crippen MR) is 73.8 cm³/mol. The van der Waals surface area contributed by atoms with Crippen LogP contribution in [0, 0.1) is 5.82 Å². The lowest BCUT2D eigenvalue weighted by Crippen LogP contribution is -2.16. The van der Waals surface area contributed by atoms with Crippen molar-refractivity contribution in [2.75, 3.05) is 0 Å². The lowest BCUT2D eigenvalue weighted by molar-refractivity contribution is 0.619. The molecule has 0 saturated heterocycles. The Kier molecular flexibility index (Phi) is 3.26. The van der Waals surface area contributed by atoms with Crippen LogP contribution in [-0.4, -0.2) is 14.5 Å². The van der Waals surface area contributed by atoms with E-state index in [4.69, 9.17) is 5.73 Å². The number of benzene rings is 1. The standard InChI is InChI=1S/C15H13FN4/c16-12-6-7-14(19-8-12)20-10-18-9-13(20)15(17)11-4-2-1-3-5-11/h1-10,15H,17H2. The number of nitrogens with zero attached hydrogens (tertiary/aromatic N) is 3. The average Bonchev–Trinajstić information content (AvgIpc) is 2.97. The quantitative estimate of drug-likeness (QED) is 0.793. The molecule has 1 aromatic carbocycles. The molecule has 1 atom stereocenters. The fourth-order valence-corrected chi connectivity index (χ4v) is 2.07. The van der Waals surface area contributed by atoms with Crippen molar-refractivity contribution >= 4 is 0 Å². The van der Waals surface area contributed by atoms with E-state index in [1.54, 1.807) is 23.2 Å². The molecule has 20 heavy (non-hydrogen) atoms. The Morgan fingerprint density at radius 3 is 2.55 bits per heavy atom. The van der Waals surface area contributed by atoms with Gasteiger partial charge in [0.2, 0.25) is 0 Å². The van der Waals surface area contributed by atoms with Crippen LogP contribution in [0.5, 0.6) is 0 Å². The molecule has 0 amide bonds. The lowest BCUT2D eigenvalue weighted by Gasteiger charge is -2.14. The first-order chi connectivity index (χ1) is 9.75. The van der Waals surface area contributed by atoms with Gasteiger partial charge in [0.05, 0.1) is 24.1 Å². The van der Waals surface area contributed by atoms with E-state index in [1.165, 1.54) is 12.3 Å². The van der Waals surface area contributed by atoms with E-state index in [2.05, 4.69) is 9.97 Å². The lowest BCUT2D eigenvalue weighted by atomic mass is 10.1. The number of hydrogen-bond donors (Lipinski definition) is 1. The normalized spacial score (nSPS) is 12.3. The van der Waals surface area contributed by atoms with Crippen molar-refractivity contribution in [3.05, 3.63) is 78.3 Å². The summed E-state index contributed by atoms with van der Waals surface area (Å²) in [7, 11) is 0. The molecule has 3 aromatic rings. The molecule has 0 saturated carbocycles. The number of pyridine rings is 1. The summed E-state index contributed by atoms with van der Waals surface area (Å²) in [5.74, 6) is 0.216. The number of imidazole rings is 1. The van der Waals surface area contributed by atoms with Gasteiger partial charge in [-0.1, -0.05) is 30.3 Å². The Morgan fingerprint density at radius 2 is 1.85 bits per heavy atom. The van der Waals surface area contributed by atoms with Crippen LogP contribution in [0.25, 0.3) is 5.82 Å².